The van der Waals surface area contributed by atoms with Gasteiger partial charge in [-0.2, -0.15) is 13.2 Å². The van der Waals surface area contributed by atoms with Crippen LogP contribution in [-0.2, 0) is 6.18 Å². The van der Waals surface area contributed by atoms with Gasteiger partial charge in [0.1, 0.15) is 5.75 Å². The van der Waals surface area contributed by atoms with Crippen molar-refractivity contribution in [1.29, 1.82) is 0 Å². The quantitative estimate of drug-likeness (QED) is 0.431. The summed E-state index contributed by atoms with van der Waals surface area (Å²) in [6.45, 7) is 1.35. The van der Waals surface area contributed by atoms with Crippen molar-refractivity contribution in [2.45, 2.75) is 31.0 Å². The first kappa shape index (κ1) is 23.6. The summed E-state index contributed by atoms with van der Waals surface area (Å²) >= 11 is 0. The normalized spacial score (nSPS) is 24.2. The number of nitrogens with one attached hydrogen (secondary N) is 1. The fraction of sp³-hybridized carbons (Fsp3) is 0.310. The minimum Gasteiger partial charge on any atom is -0.439 e. The number of alkyl halides is 3. The van der Waals surface area contributed by atoms with E-state index in [4.69, 9.17) is 4.74 Å². The number of halogens is 3. The van der Waals surface area contributed by atoms with Crippen molar-refractivity contribution in [3.8, 4) is 11.6 Å². The molecule has 0 spiro atoms. The largest absolute Gasteiger partial charge is 0.439 e. The van der Waals surface area contributed by atoms with Crippen LogP contribution in [0.3, 0.4) is 0 Å². The first-order valence-corrected chi connectivity index (χ1v) is 12.5. The second-order valence-electron chi connectivity index (χ2n) is 9.91. The Balaban J connectivity index is 0.990. The van der Waals surface area contributed by atoms with E-state index >= 15 is 0 Å². The summed E-state index contributed by atoms with van der Waals surface area (Å²) in [6, 6.07) is 20.3. The van der Waals surface area contributed by atoms with Gasteiger partial charge >= 0.3 is 12.2 Å². The molecule has 2 aromatic carbocycles. The van der Waals surface area contributed by atoms with E-state index in [-0.39, 0.29) is 11.9 Å². The molecule has 3 aliphatic rings. The van der Waals surface area contributed by atoms with Crippen molar-refractivity contribution in [2.24, 2.45) is 11.8 Å². The van der Waals surface area contributed by atoms with Gasteiger partial charge in [-0.1, -0.05) is 54.1 Å². The number of carbonyl (C=O) groups excluding carboxylic acids is 1. The van der Waals surface area contributed by atoms with Gasteiger partial charge in [-0.05, 0) is 59.9 Å². The number of likely N-dealkylation sites (tertiary alicyclic amines) is 1. The van der Waals surface area contributed by atoms with Gasteiger partial charge in [-0.15, -0.1) is 0 Å². The summed E-state index contributed by atoms with van der Waals surface area (Å²) in [5.74, 6) is 2.39. The summed E-state index contributed by atoms with van der Waals surface area (Å²) < 4.78 is 43.8. The molecule has 0 bridgehead atoms. The molecule has 6 rings (SSSR count). The predicted octanol–water partition coefficient (Wildman–Crippen LogP) is 6.49. The number of fused-ring (bicyclic) bond motifs is 1. The van der Waals surface area contributed by atoms with Crippen LogP contribution in [0.2, 0.25) is 0 Å². The Morgan fingerprint density at radius 1 is 1.00 bits per heavy atom. The van der Waals surface area contributed by atoms with E-state index in [0.717, 1.165) is 30.7 Å². The molecular formula is C29H26F3N3O2. The Kier molecular flexibility index (Phi) is 5.89. The maximum absolute atomic E-state index is 12.7. The lowest BCUT2D eigenvalue weighted by molar-refractivity contribution is -0.137. The number of aromatic nitrogens is 1. The van der Waals surface area contributed by atoms with Crippen LogP contribution >= 0.6 is 0 Å². The molecule has 4 atom stereocenters. The third-order valence-electron chi connectivity index (χ3n) is 7.50. The second kappa shape index (κ2) is 9.25. The fourth-order valence-corrected chi connectivity index (χ4v) is 5.34. The number of urea groups is 1. The molecule has 8 heteroatoms. The number of rotatable bonds is 5. The lowest BCUT2D eigenvalue weighted by atomic mass is 10.0. The summed E-state index contributed by atoms with van der Waals surface area (Å²) in [5, 5.41) is 3.21. The molecule has 3 fully saturated rings. The Bertz CT molecular complexity index is 1300. The average molecular weight is 506 g/mol. The number of ether oxygens (including phenoxy) is 1. The highest BCUT2D eigenvalue weighted by Crippen LogP contribution is 2.73. The standard InChI is InChI=1S/C29H26F3N3O2/c30-29(31,32)21-9-10-23(33-17-21)37-22-8-4-5-19(16-22)15-18-11-13-35(14-12-18)28(36)34-27-25-24(26(25)27)20-6-2-1-3-7-20/h1-10,15-17,24-27H,11-14H2,(H,34,36)/t24?,25-,26?,27?/m1/s1. The van der Waals surface area contributed by atoms with Gasteiger partial charge in [0, 0.05) is 31.4 Å². The molecule has 5 nitrogen and oxygen atoms in total. The number of carbonyl (C=O) groups is 1. The van der Waals surface area contributed by atoms with Crippen LogP contribution in [0.1, 0.15) is 35.4 Å². The number of piperidine rings is 1. The van der Waals surface area contributed by atoms with Gasteiger partial charge in [-0.25, -0.2) is 9.78 Å². The molecule has 3 unspecified atom stereocenters. The molecule has 3 aromatic rings. The van der Waals surface area contributed by atoms with Crippen LogP contribution in [0.25, 0.3) is 6.08 Å². The first-order valence-electron chi connectivity index (χ1n) is 12.5. The minimum atomic E-state index is -4.43. The average Bonchev–Trinajstić information content (AvgIpc) is 3.80. The Morgan fingerprint density at radius 2 is 1.76 bits per heavy atom. The van der Waals surface area contributed by atoms with Crippen LogP contribution in [0.4, 0.5) is 18.0 Å². The maximum Gasteiger partial charge on any atom is 0.417 e. The van der Waals surface area contributed by atoms with Gasteiger partial charge in [0.05, 0.1) is 5.56 Å². The molecule has 2 amide bonds. The van der Waals surface area contributed by atoms with Crippen LogP contribution in [0.15, 0.2) is 78.5 Å². The van der Waals surface area contributed by atoms with Crippen LogP contribution in [0, 0.1) is 11.8 Å². The molecule has 1 aliphatic heterocycles. The highest BCUT2D eigenvalue weighted by molar-refractivity contribution is 5.76. The van der Waals surface area contributed by atoms with E-state index in [1.165, 1.54) is 17.2 Å². The summed E-state index contributed by atoms with van der Waals surface area (Å²) in [6.07, 6.45) is 0.00558. The van der Waals surface area contributed by atoms with Crippen LogP contribution in [-0.4, -0.2) is 35.0 Å². The highest BCUT2D eigenvalue weighted by atomic mass is 19.4. The van der Waals surface area contributed by atoms with Crippen molar-refractivity contribution in [3.05, 3.63) is 95.2 Å². The monoisotopic (exact) mass is 505 g/mol. The van der Waals surface area contributed by atoms with Crippen molar-refractivity contribution in [1.82, 2.24) is 15.2 Å². The molecule has 1 aromatic heterocycles. The van der Waals surface area contributed by atoms with Gasteiger partial charge in [0.25, 0.3) is 0 Å². The molecule has 1 saturated heterocycles. The third-order valence-corrected chi connectivity index (χ3v) is 7.50. The van der Waals surface area contributed by atoms with Crippen LogP contribution < -0.4 is 10.1 Å². The number of hydrogen-bond acceptors (Lipinski definition) is 3. The van der Waals surface area contributed by atoms with E-state index < -0.39 is 11.7 Å². The fourth-order valence-electron chi connectivity index (χ4n) is 5.34. The summed E-state index contributed by atoms with van der Waals surface area (Å²) in [4.78, 5) is 18.4. The van der Waals surface area contributed by atoms with Gasteiger partial charge < -0.3 is 15.0 Å². The van der Waals surface area contributed by atoms with Gasteiger partial charge in [0.15, 0.2) is 0 Å². The Labute approximate surface area is 213 Å². The summed E-state index contributed by atoms with van der Waals surface area (Å²) in [5.41, 5.74) is 2.74. The molecule has 2 saturated carbocycles. The number of benzene rings is 2. The zero-order chi connectivity index (χ0) is 25.6. The second-order valence-corrected chi connectivity index (χ2v) is 9.91. The zero-order valence-electron chi connectivity index (χ0n) is 20.0. The van der Waals surface area contributed by atoms with E-state index in [9.17, 15) is 18.0 Å². The smallest absolute Gasteiger partial charge is 0.417 e. The molecule has 2 heterocycles. The van der Waals surface area contributed by atoms with Crippen molar-refractivity contribution >= 4 is 12.1 Å². The van der Waals surface area contributed by atoms with E-state index in [0.29, 0.717) is 42.6 Å². The van der Waals surface area contributed by atoms with E-state index in [1.54, 1.807) is 6.07 Å². The maximum atomic E-state index is 12.7. The molecule has 0 radical (unpaired) electrons. The summed E-state index contributed by atoms with van der Waals surface area (Å²) in [7, 11) is 0. The van der Waals surface area contributed by atoms with Gasteiger partial charge in [-0.3, -0.25) is 0 Å². The highest BCUT2D eigenvalue weighted by Gasteiger charge is 2.74. The topological polar surface area (TPSA) is 54.5 Å². The molecular weight excluding hydrogens is 479 g/mol. The lowest BCUT2D eigenvalue weighted by Gasteiger charge is -2.29. The van der Waals surface area contributed by atoms with E-state index in [2.05, 4.69) is 40.6 Å². The lowest BCUT2D eigenvalue weighted by Crippen LogP contribution is -2.45. The Hall–Kier alpha value is -3.81. The number of pyridine rings is 1. The minimum absolute atomic E-state index is 0.0301. The van der Waals surface area contributed by atoms with Gasteiger partial charge in [0.2, 0.25) is 5.88 Å². The van der Waals surface area contributed by atoms with Crippen molar-refractivity contribution in [2.75, 3.05) is 13.1 Å². The first-order chi connectivity index (χ1) is 17.9. The number of hydrogen-bond donors (Lipinski definition) is 1. The number of amides is 2. The van der Waals surface area contributed by atoms with Crippen LogP contribution in [0.5, 0.6) is 11.6 Å². The molecule has 1 N–H and O–H groups in total. The van der Waals surface area contributed by atoms with E-state index in [1.807, 2.05) is 29.2 Å². The Morgan fingerprint density at radius 3 is 2.43 bits per heavy atom. The van der Waals surface area contributed by atoms with Crippen molar-refractivity contribution < 1.29 is 22.7 Å². The predicted molar refractivity (Wildman–Crippen MR) is 133 cm³/mol. The molecule has 190 valence electrons. The zero-order valence-corrected chi connectivity index (χ0v) is 20.0. The number of nitrogens with zero attached hydrogens (tertiary/aromatic N) is 2. The third kappa shape index (κ3) is 5.05. The van der Waals surface area contributed by atoms with Crippen molar-refractivity contribution in [3.63, 3.8) is 0 Å². The molecule has 37 heavy (non-hydrogen) atoms. The molecule has 2 aliphatic carbocycles. The SMILES string of the molecule is O=C(NC1C2C(c3ccccc3)[C@@H]12)N1CCC(=Cc2cccc(Oc3ccc(C(F)(F)F)cn3)c2)CC1.